The molecule has 0 spiro atoms. The number of aryl methyl sites for hydroxylation is 1. The molecule has 0 unspecified atom stereocenters. The van der Waals surface area contributed by atoms with Crippen LogP contribution in [-0.2, 0) is 0 Å². The van der Waals surface area contributed by atoms with Crippen molar-refractivity contribution in [2.24, 2.45) is 5.73 Å². The zero-order chi connectivity index (χ0) is 10.6. The number of hydrogen-bond donors (Lipinski definition) is 1. The molecule has 0 heterocycles. The average molecular weight is 254 g/mol. The quantitative estimate of drug-likeness (QED) is 0.877. The monoisotopic (exact) mass is 253 g/mol. The van der Waals surface area contributed by atoms with Gasteiger partial charge in [0.25, 0.3) is 0 Å². The van der Waals surface area contributed by atoms with Gasteiger partial charge in [-0.2, -0.15) is 0 Å². The fourth-order valence-electron chi connectivity index (χ4n) is 1.27. The third kappa shape index (κ3) is 2.96. The molecule has 0 atom stereocenters. The van der Waals surface area contributed by atoms with E-state index in [1.54, 1.807) is 0 Å². The first-order valence-corrected chi connectivity index (χ1v) is 5.62. The Hall–Kier alpha value is -0.600. The second-order valence-corrected chi connectivity index (χ2v) is 4.24. The summed E-state index contributed by atoms with van der Waals surface area (Å²) in [6.45, 7) is 4.85. The Morgan fingerprint density at radius 1 is 1.50 bits per heavy atom. The molecule has 76 valence electrons. The molecule has 0 fully saturated rings. The Balaban J connectivity index is 3.02. The lowest BCUT2D eigenvalue weighted by Crippen LogP contribution is -2.01. The van der Waals surface area contributed by atoms with Crippen molar-refractivity contribution in [1.29, 1.82) is 0 Å². The Labute approximate surface area is 94.1 Å². The third-order valence-electron chi connectivity index (χ3n) is 2.23. The Bertz CT molecular complexity index is 336. The molecule has 0 saturated carbocycles. The maximum Gasteiger partial charge on any atom is 0.0250 e. The van der Waals surface area contributed by atoms with Crippen LogP contribution in [0.4, 0.5) is 0 Å². The fraction of sp³-hybridized carbons (Fsp3) is 0.333. The van der Waals surface area contributed by atoms with Crippen molar-refractivity contribution >= 4 is 22.0 Å². The molecule has 0 amide bonds. The summed E-state index contributed by atoms with van der Waals surface area (Å²) in [7, 11) is 0. The molecule has 0 saturated heterocycles. The zero-order valence-corrected chi connectivity index (χ0v) is 10.3. The lowest BCUT2D eigenvalue weighted by molar-refractivity contribution is 1.02. The van der Waals surface area contributed by atoms with E-state index in [1.807, 2.05) is 0 Å². The predicted octanol–water partition coefficient (Wildman–Crippen LogP) is 3.51. The number of halogens is 1. The smallest absolute Gasteiger partial charge is 0.0250 e. The number of benzene rings is 1. The summed E-state index contributed by atoms with van der Waals surface area (Å²) in [5.74, 6) is 0. The Kier molecular flexibility index (Phi) is 4.36. The van der Waals surface area contributed by atoms with Gasteiger partial charge in [0, 0.05) is 11.0 Å². The minimum atomic E-state index is 0.636. The van der Waals surface area contributed by atoms with Crippen molar-refractivity contribution in [3.63, 3.8) is 0 Å². The van der Waals surface area contributed by atoms with E-state index in [0.717, 1.165) is 10.9 Å². The van der Waals surface area contributed by atoms with E-state index in [4.69, 9.17) is 5.73 Å². The zero-order valence-electron chi connectivity index (χ0n) is 8.68. The minimum absolute atomic E-state index is 0.636. The highest BCUT2D eigenvalue weighted by molar-refractivity contribution is 9.10. The van der Waals surface area contributed by atoms with Gasteiger partial charge in [0.05, 0.1) is 0 Å². The van der Waals surface area contributed by atoms with E-state index in [2.05, 4.69) is 54.1 Å². The molecular formula is C12H16BrN. The van der Waals surface area contributed by atoms with Crippen LogP contribution in [0.1, 0.15) is 24.5 Å². The van der Waals surface area contributed by atoms with Crippen LogP contribution in [0.3, 0.4) is 0 Å². The summed E-state index contributed by atoms with van der Waals surface area (Å²) in [6, 6.07) is 6.35. The van der Waals surface area contributed by atoms with Gasteiger partial charge < -0.3 is 5.73 Å². The molecule has 1 aromatic carbocycles. The first-order valence-electron chi connectivity index (χ1n) is 4.83. The van der Waals surface area contributed by atoms with E-state index in [-0.39, 0.29) is 0 Å². The summed E-state index contributed by atoms with van der Waals surface area (Å²) in [5.41, 5.74) is 9.37. The first kappa shape index (κ1) is 11.5. The lowest BCUT2D eigenvalue weighted by atomic mass is 10.1. The highest BCUT2D eigenvalue weighted by Gasteiger charge is 1.98. The summed E-state index contributed by atoms with van der Waals surface area (Å²) in [6.07, 6.45) is 3.17. The standard InChI is InChI=1S/C12H16BrN/c1-3-10(8-14)7-11-5-4-9(2)6-12(11)13/h4-7H,3,8,14H2,1-2H3/b10-7-. The molecule has 0 radical (unpaired) electrons. The highest BCUT2D eigenvalue weighted by Crippen LogP contribution is 2.21. The molecule has 1 rings (SSSR count). The van der Waals surface area contributed by atoms with Crippen LogP contribution in [0, 0.1) is 6.92 Å². The molecule has 0 aromatic heterocycles. The van der Waals surface area contributed by atoms with Crippen LogP contribution >= 0.6 is 15.9 Å². The molecule has 14 heavy (non-hydrogen) atoms. The van der Waals surface area contributed by atoms with Crippen LogP contribution < -0.4 is 5.73 Å². The van der Waals surface area contributed by atoms with E-state index >= 15 is 0 Å². The van der Waals surface area contributed by atoms with E-state index in [1.165, 1.54) is 16.7 Å². The normalized spacial score (nSPS) is 11.9. The van der Waals surface area contributed by atoms with Crippen molar-refractivity contribution in [3.05, 3.63) is 39.4 Å². The van der Waals surface area contributed by atoms with Gasteiger partial charge in [-0.05, 0) is 30.5 Å². The number of rotatable bonds is 3. The largest absolute Gasteiger partial charge is 0.327 e. The average Bonchev–Trinajstić information content (AvgIpc) is 2.17. The Morgan fingerprint density at radius 2 is 2.21 bits per heavy atom. The minimum Gasteiger partial charge on any atom is -0.327 e. The predicted molar refractivity (Wildman–Crippen MR) is 66.2 cm³/mol. The maximum atomic E-state index is 5.63. The fourth-order valence-corrected chi connectivity index (χ4v) is 1.88. The third-order valence-corrected chi connectivity index (χ3v) is 2.92. The van der Waals surface area contributed by atoms with Gasteiger partial charge in [-0.3, -0.25) is 0 Å². The first-order chi connectivity index (χ1) is 6.67. The molecule has 1 aromatic rings. The van der Waals surface area contributed by atoms with Crippen LogP contribution in [0.5, 0.6) is 0 Å². The van der Waals surface area contributed by atoms with Crippen LogP contribution in [0.2, 0.25) is 0 Å². The van der Waals surface area contributed by atoms with E-state index < -0.39 is 0 Å². The van der Waals surface area contributed by atoms with Crippen molar-refractivity contribution in [3.8, 4) is 0 Å². The molecule has 0 aliphatic heterocycles. The highest BCUT2D eigenvalue weighted by atomic mass is 79.9. The molecule has 0 aliphatic carbocycles. The van der Waals surface area contributed by atoms with Crippen LogP contribution in [0.15, 0.2) is 28.2 Å². The molecule has 2 heteroatoms. The second-order valence-electron chi connectivity index (χ2n) is 3.39. The van der Waals surface area contributed by atoms with Crippen molar-refractivity contribution in [2.45, 2.75) is 20.3 Å². The number of hydrogen-bond acceptors (Lipinski definition) is 1. The van der Waals surface area contributed by atoms with Gasteiger partial charge in [-0.25, -0.2) is 0 Å². The summed E-state index contributed by atoms with van der Waals surface area (Å²) >= 11 is 3.55. The topological polar surface area (TPSA) is 26.0 Å². The molecule has 2 N–H and O–H groups in total. The van der Waals surface area contributed by atoms with Gasteiger partial charge in [-0.1, -0.05) is 46.6 Å². The van der Waals surface area contributed by atoms with Gasteiger partial charge in [0.1, 0.15) is 0 Å². The second kappa shape index (κ2) is 5.32. The van der Waals surface area contributed by atoms with Gasteiger partial charge in [0.2, 0.25) is 0 Å². The lowest BCUT2D eigenvalue weighted by Gasteiger charge is -2.04. The van der Waals surface area contributed by atoms with Gasteiger partial charge in [0.15, 0.2) is 0 Å². The summed E-state index contributed by atoms with van der Waals surface area (Å²) < 4.78 is 1.14. The number of nitrogens with two attached hydrogens (primary N) is 1. The van der Waals surface area contributed by atoms with Crippen molar-refractivity contribution in [2.75, 3.05) is 6.54 Å². The maximum absolute atomic E-state index is 5.63. The Morgan fingerprint density at radius 3 is 2.71 bits per heavy atom. The van der Waals surface area contributed by atoms with Crippen molar-refractivity contribution < 1.29 is 0 Å². The summed E-state index contributed by atoms with van der Waals surface area (Å²) in [4.78, 5) is 0. The van der Waals surface area contributed by atoms with Crippen LogP contribution in [0.25, 0.3) is 6.08 Å². The summed E-state index contributed by atoms with van der Waals surface area (Å²) in [5, 5.41) is 0. The van der Waals surface area contributed by atoms with E-state index in [9.17, 15) is 0 Å². The van der Waals surface area contributed by atoms with E-state index in [0.29, 0.717) is 6.54 Å². The van der Waals surface area contributed by atoms with Crippen LogP contribution in [-0.4, -0.2) is 6.54 Å². The molecule has 1 nitrogen and oxygen atoms in total. The SMILES string of the molecule is CC/C(=C/c1ccc(C)cc1Br)CN. The molecular weight excluding hydrogens is 238 g/mol. The van der Waals surface area contributed by atoms with Crippen molar-refractivity contribution in [1.82, 2.24) is 0 Å². The van der Waals surface area contributed by atoms with Gasteiger partial charge >= 0.3 is 0 Å². The van der Waals surface area contributed by atoms with Gasteiger partial charge in [-0.15, -0.1) is 0 Å². The molecule has 0 bridgehead atoms. The molecule has 0 aliphatic rings.